The second kappa shape index (κ2) is 9.65. The number of phenols is 1. The topological polar surface area (TPSA) is 70.0 Å². The summed E-state index contributed by atoms with van der Waals surface area (Å²) < 4.78 is 6.28. The number of phenolic OH excluding ortho intramolecular Hbond substituents is 1. The van der Waals surface area contributed by atoms with Crippen molar-refractivity contribution in [3.63, 3.8) is 0 Å². The van der Waals surface area contributed by atoms with E-state index >= 15 is 0 Å². The maximum Gasteiger partial charge on any atom is 0.166 e. The Morgan fingerprint density at radius 3 is 2.87 bits per heavy atom. The number of nitrogens with one attached hydrogen (secondary N) is 1. The highest BCUT2D eigenvalue weighted by Crippen LogP contribution is 2.37. The smallest absolute Gasteiger partial charge is 0.166 e. The summed E-state index contributed by atoms with van der Waals surface area (Å²) in [6.07, 6.45) is 2.48. The molecule has 7 heteroatoms. The molecule has 2 heterocycles. The van der Waals surface area contributed by atoms with Gasteiger partial charge in [-0.1, -0.05) is 46.3 Å². The highest BCUT2D eigenvalue weighted by Gasteiger charge is 2.27. The monoisotopic (exact) mass is 496 g/mol. The molecule has 1 atom stereocenters. The lowest BCUT2D eigenvalue weighted by Gasteiger charge is -2.23. The van der Waals surface area contributed by atoms with Crippen molar-refractivity contribution < 1.29 is 14.7 Å². The third-order valence-corrected chi connectivity index (χ3v) is 6.91. The van der Waals surface area contributed by atoms with E-state index in [-0.39, 0.29) is 5.75 Å². The molecule has 0 radical (unpaired) electrons. The van der Waals surface area contributed by atoms with Crippen molar-refractivity contribution in [2.45, 2.75) is 26.4 Å². The molecule has 0 saturated heterocycles. The molecule has 4 rings (SSSR count). The summed E-state index contributed by atoms with van der Waals surface area (Å²) in [7, 11) is 0. The van der Waals surface area contributed by atoms with Gasteiger partial charge in [-0.05, 0) is 24.6 Å². The predicted molar refractivity (Wildman–Crippen MR) is 127 cm³/mol. The van der Waals surface area contributed by atoms with Crippen LogP contribution in [0.1, 0.15) is 34.1 Å². The number of halogens is 1. The van der Waals surface area contributed by atoms with E-state index in [1.54, 1.807) is 29.7 Å². The Kier molecular flexibility index (Phi) is 6.71. The van der Waals surface area contributed by atoms with Crippen LogP contribution in [0.2, 0.25) is 0 Å². The molecule has 0 bridgehead atoms. The van der Waals surface area contributed by atoms with Crippen LogP contribution in [0.25, 0.3) is 0 Å². The van der Waals surface area contributed by atoms with Crippen molar-refractivity contribution in [1.82, 2.24) is 0 Å². The van der Waals surface area contributed by atoms with E-state index in [0.717, 1.165) is 36.1 Å². The average Bonchev–Trinajstić information content (AvgIpc) is 3.12. The lowest BCUT2D eigenvalue weighted by molar-refractivity contribution is -0.929. The first-order chi connectivity index (χ1) is 15.1. The zero-order chi connectivity index (χ0) is 21.8. The second-order valence-corrected chi connectivity index (χ2v) is 9.42. The van der Waals surface area contributed by atoms with Crippen LogP contribution < -0.4 is 9.64 Å². The predicted octanol–water partition coefficient (Wildman–Crippen LogP) is 4.38. The standard InChI is InChI=1S/C24H22BrN3O2S/c1-2-30-21-11-18(25)10-17(23(21)29)13-27-24-20(12-26)19-8-9-28(15-22(19)31-24)14-16-6-4-3-5-7-16/h3-7,10-11,13,29H,2,8-9,14-15H2,1H3/p+1/b27-13+. The first kappa shape index (κ1) is 21.6. The van der Waals surface area contributed by atoms with Gasteiger partial charge in [0, 0.05) is 28.2 Å². The zero-order valence-electron chi connectivity index (χ0n) is 17.2. The van der Waals surface area contributed by atoms with Gasteiger partial charge in [-0.15, -0.1) is 11.3 Å². The van der Waals surface area contributed by atoms with Crippen molar-refractivity contribution in [3.8, 4) is 17.6 Å². The van der Waals surface area contributed by atoms with Gasteiger partial charge in [0.15, 0.2) is 11.5 Å². The summed E-state index contributed by atoms with van der Waals surface area (Å²) >= 11 is 5.03. The minimum Gasteiger partial charge on any atom is -0.504 e. The van der Waals surface area contributed by atoms with Gasteiger partial charge in [-0.25, -0.2) is 4.99 Å². The maximum atomic E-state index is 10.5. The summed E-state index contributed by atoms with van der Waals surface area (Å²) in [4.78, 5) is 7.31. The molecule has 0 saturated carbocycles. The van der Waals surface area contributed by atoms with Gasteiger partial charge in [-0.3, -0.25) is 0 Å². The molecule has 31 heavy (non-hydrogen) atoms. The molecule has 2 N–H and O–H groups in total. The molecule has 1 aliphatic rings. The van der Waals surface area contributed by atoms with Gasteiger partial charge in [0.05, 0.1) is 23.6 Å². The molecular formula is C24H23BrN3O2S+. The number of hydrogen-bond donors (Lipinski definition) is 2. The van der Waals surface area contributed by atoms with Crippen molar-refractivity contribution in [1.29, 1.82) is 5.26 Å². The number of nitrogens with zero attached hydrogens (tertiary/aromatic N) is 2. The number of ether oxygens (including phenoxy) is 1. The first-order valence-electron chi connectivity index (χ1n) is 10.2. The number of thiophene rings is 1. The van der Waals surface area contributed by atoms with Crippen LogP contribution in [0.5, 0.6) is 11.5 Å². The molecule has 1 aliphatic heterocycles. The van der Waals surface area contributed by atoms with Gasteiger partial charge in [0.1, 0.15) is 24.2 Å². The maximum absolute atomic E-state index is 10.5. The molecule has 3 aromatic rings. The fraction of sp³-hybridized carbons (Fsp3) is 0.250. The van der Waals surface area contributed by atoms with Crippen LogP contribution in [-0.2, 0) is 19.5 Å². The highest BCUT2D eigenvalue weighted by molar-refractivity contribution is 9.10. The van der Waals surface area contributed by atoms with Crippen molar-refractivity contribution in [3.05, 3.63) is 74.1 Å². The number of rotatable bonds is 6. The minimum absolute atomic E-state index is 0.0482. The number of aliphatic imine (C=N–C) groups is 1. The number of nitriles is 1. The van der Waals surface area contributed by atoms with Gasteiger partial charge < -0.3 is 14.7 Å². The first-order valence-corrected chi connectivity index (χ1v) is 11.8. The quantitative estimate of drug-likeness (QED) is 0.497. The molecule has 0 aliphatic carbocycles. The van der Waals surface area contributed by atoms with Crippen LogP contribution in [0, 0.1) is 11.3 Å². The molecule has 2 aromatic carbocycles. The SMILES string of the molecule is CCOc1cc(Br)cc(/C=N/c2sc3c(c2C#N)CC[NH+](Cc2ccccc2)C3)c1O. The molecule has 0 amide bonds. The van der Waals surface area contributed by atoms with E-state index in [2.05, 4.69) is 51.3 Å². The lowest BCUT2D eigenvalue weighted by Crippen LogP contribution is -3.10. The molecule has 0 spiro atoms. The average molecular weight is 497 g/mol. The Bertz CT molecular complexity index is 1150. The van der Waals surface area contributed by atoms with E-state index in [4.69, 9.17) is 4.74 Å². The Labute approximate surface area is 194 Å². The third-order valence-electron chi connectivity index (χ3n) is 5.31. The number of hydrogen-bond acceptors (Lipinski definition) is 5. The summed E-state index contributed by atoms with van der Waals surface area (Å²) in [5, 5.41) is 21.0. The number of quaternary nitrogens is 1. The fourth-order valence-electron chi connectivity index (χ4n) is 3.85. The number of fused-ring (bicyclic) bond motifs is 1. The normalized spacial score (nSPS) is 15.6. The molecule has 5 nitrogen and oxygen atoms in total. The third kappa shape index (κ3) is 4.82. The highest BCUT2D eigenvalue weighted by atomic mass is 79.9. The van der Waals surface area contributed by atoms with E-state index in [9.17, 15) is 10.4 Å². The van der Waals surface area contributed by atoms with Gasteiger partial charge in [0.2, 0.25) is 0 Å². The largest absolute Gasteiger partial charge is 0.504 e. The van der Waals surface area contributed by atoms with Gasteiger partial charge >= 0.3 is 0 Å². The van der Waals surface area contributed by atoms with Crippen molar-refractivity contribution in [2.24, 2.45) is 4.99 Å². The zero-order valence-corrected chi connectivity index (χ0v) is 19.6. The Morgan fingerprint density at radius 1 is 1.32 bits per heavy atom. The molecule has 1 unspecified atom stereocenters. The van der Waals surface area contributed by atoms with Crippen molar-refractivity contribution in [2.75, 3.05) is 13.2 Å². The molecule has 0 fully saturated rings. The number of aromatic hydroxyl groups is 1. The number of benzene rings is 2. The van der Waals surface area contributed by atoms with Crippen LogP contribution in [0.3, 0.4) is 0 Å². The Morgan fingerprint density at radius 2 is 2.13 bits per heavy atom. The Balaban J connectivity index is 1.58. The lowest BCUT2D eigenvalue weighted by atomic mass is 10.0. The van der Waals surface area contributed by atoms with Crippen LogP contribution in [0.4, 0.5) is 5.00 Å². The van der Waals surface area contributed by atoms with Crippen LogP contribution >= 0.6 is 27.3 Å². The van der Waals surface area contributed by atoms with Crippen LogP contribution in [0.15, 0.2) is 51.9 Å². The van der Waals surface area contributed by atoms with E-state index in [1.165, 1.54) is 15.3 Å². The van der Waals surface area contributed by atoms with Crippen LogP contribution in [-0.4, -0.2) is 24.5 Å². The van der Waals surface area contributed by atoms with E-state index in [0.29, 0.717) is 28.5 Å². The minimum atomic E-state index is 0.0482. The van der Waals surface area contributed by atoms with Gasteiger partial charge in [-0.2, -0.15) is 5.26 Å². The fourth-order valence-corrected chi connectivity index (χ4v) is 5.52. The summed E-state index contributed by atoms with van der Waals surface area (Å²) in [5.74, 6) is 0.455. The summed E-state index contributed by atoms with van der Waals surface area (Å²) in [6.45, 7) is 5.20. The van der Waals surface area contributed by atoms with Crippen molar-refractivity contribution >= 4 is 38.5 Å². The molecule has 1 aromatic heterocycles. The molecular weight excluding hydrogens is 474 g/mol. The van der Waals surface area contributed by atoms with Gasteiger partial charge in [0.25, 0.3) is 0 Å². The van der Waals surface area contributed by atoms with E-state index in [1.807, 2.05) is 13.0 Å². The summed E-state index contributed by atoms with van der Waals surface area (Å²) in [6, 6.07) is 16.4. The summed E-state index contributed by atoms with van der Waals surface area (Å²) in [5.41, 5.74) is 3.66. The molecule has 158 valence electrons. The van der Waals surface area contributed by atoms with E-state index < -0.39 is 0 Å². The Hall–Kier alpha value is -2.66. The second-order valence-electron chi connectivity index (χ2n) is 7.42.